The van der Waals surface area contributed by atoms with E-state index in [-0.39, 0.29) is 56.2 Å². The third-order valence-electron chi connectivity index (χ3n) is 7.93. The molecule has 3 aromatic rings. The van der Waals surface area contributed by atoms with Crippen molar-refractivity contribution in [1.82, 2.24) is 0 Å². The molecule has 7 nitrogen and oxygen atoms in total. The van der Waals surface area contributed by atoms with Crippen LogP contribution in [0, 0.1) is 11.3 Å². The highest BCUT2D eigenvalue weighted by molar-refractivity contribution is 9.11. The SMILES string of the molecule is O=C1c2ccc(Br)cc2OCC1CC1(CCC2(O)COc3cc(Br)ccc3C2=O)COc2cc(Br)ccc2C1=O. The number of carbonyl (C=O) groups is 3. The van der Waals surface area contributed by atoms with Crippen LogP contribution >= 0.6 is 47.8 Å². The molecule has 0 fully saturated rings. The van der Waals surface area contributed by atoms with Gasteiger partial charge in [0.05, 0.1) is 34.6 Å². The van der Waals surface area contributed by atoms with Crippen molar-refractivity contribution in [3.05, 3.63) is 84.7 Å². The second-order valence-corrected chi connectivity index (χ2v) is 13.3. The monoisotopic (exact) mass is 732 g/mol. The Kier molecular flexibility index (Phi) is 7.17. The Hall–Kier alpha value is -2.53. The Balaban J connectivity index is 1.32. The second-order valence-electron chi connectivity index (χ2n) is 10.5. The van der Waals surface area contributed by atoms with Gasteiger partial charge in [-0.25, -0.2) is 0 Å². The van der Waals surface area contributed by atoms with Crippen LogP contribution in [0.3, 0.4) is 0 Å². The first-order valence-electron chi connectivity index (χ1n) is 12.7. The number of rotatable bonds is 5. The lowest BCUT2D eigenvalue weighted by Gasteiger charge is -2.41. The summed E-state index contributed by atoms with van der Waals surface area (Å²) in [6.07, 6.45) is 0.202. The van der Waals surface area contributed by atoms with Crippen LogP contribution in [0.1, 0.15) is 50.3 Å². The van der Waals surface area contributed by atoms with Gasteiger partial charge in [-0.05, 0) is 73.9 Å². The Morgan fingerprint density at radius 3 is 1.85 bits per heavy atom. The van der Waals surface area contributed by atoms with Crippen molar-refractivity contribution in [2.45, 2.75) is 24.9 Å². The van der Waals surface area contributed by atoms with E-state index >= 15 is 0 Å². The standard InChI is InChI=1S/C30H23Br3O7/c31-17-1-4-20-23(9-17)38-13-16(26(20)34)12-29(14-39-24-10-18(32)2-5-21(24)27(29)35)7-8-30(37)15-40-25-11-19(33)3-6-22(25)28(30)36/h1-6,9-11,16,37H,7-8,12-15H2. The molecule has 0 aliphatic carbocycles. The van der Waals surface area contributed by atoms with E-state index in [1.54, 1.807) is 54.6 Å². The number of benzene rings is 3. The summed E-state index contributed by atoms with van der Waals surface area (Å²) in [5.41, 5.74) is -1.87. The van der Waals surface area contributed by atoms with Crippen LogP contribution in [0.2, 0.25) is 0 Å². The fourth-order valence-corrected chi connectivity index (χ4v) is 6.71. The minimum Gasteiger partial charge on any atom is -0.492 e. The third kappa shape index (κ3) is 4.82. The van der Waals surface area contributed by atoms with Gasteiger partial charge in [-0.1, -0.05) is 47.8 Å². The fourth-order valence-electron chi connectivity index (χ4n) is 5.69. The van der Waals surface area contributed by atoms with Crippen LogP contribution in [0.4, 0.5) is 0 Å². The zero-order chi connectivity index (χ0) is 28.2. The zero-order valence-corrected chi connectivity index (χ0v) is 25.8. The van der Waals surface area contributed by atoms with Crippen molar-refractivity contribution in [3.8, 4) is 17.2 Å². The maximum Gasteiger partial charge on any atom is 0.201 e. The first-order valence-corrected chi connectivity index (χ1v) is 15.1. The van der Waals surface area contributed by atoms with Crippen LogP contribution in [0.25, 0.3) is 0 Å². The number of Topliss-reactive ketones (excluding diaryl/α,β-unsaturated/α-hetero) is 3. The summed E-state index contributed by atoms with van der Waals surface area (Å²) in [7, 11) is 0. The van der Waals surface area contributed by atoms with E-state index in [4.69, 9.17) is 14.2 Å². The summed E-state index contributed by atoms with van der Waals surface area (Å²) in [5.74, 6) is -0.0238. The van der Waals surface area contributed by atoms with Gasteiger partial charge in [-0.15, -0.1) is 0 Å². The van der Waals surface area contributed by atoms with Crippen molar-refractivity contribution in [3.63, 3.8) is 0 Å². The van der Waals surface area contributed by atoms with Gasteiger partial charge in [0.15, 0.2) is 17.2 Å². The van der Waals surface area contributed by atoms with Crippen molar-refractivity contribution in [2.24, 2.45) is 11.3 Å². The molecule has 0 radical (unpaired) electrons. The van der Waals surface area contributed by atoms with Gasteiger partial charge in [0, 0.05) is 13.4 Å². The van der Waals surface area contributed by atoms with Crippen molar-refractivity contribution < 1.29 is 33.7 Å². The first-order chi connectivity index (χ1) is 19.1. The number of ketones is 3. The van der Waals surface area contributed by atoms with Gasteiger partial charge in [0.2, 0.25) is 5.78 Å². The first kappa shape index (κ1) is 27.6. The molecule has 0 amide bonds. The number of aliphatic hydroxyl groups is 1. The van der Waals surface area contributed by atoms with E-state index in [0.29, 0.717) is 28.4 Å². The van der Waals surface area contributed by atoms with Crippen LogP contribution in [0.5, 0.6) is 17.2 Å². The summed E-state index contributed by atoms with van der Waals surface area (Å²) in [6, 6.07) is 15.5. The van der Waals surface area contributed by atoms with Gasteiger partial charge in [0.25, 0.3) is 0 Å². The molecule has 6 rings (SSSR count). The lowest BCUT2D eigenvalue weighted by Crippen LogP contribution is -2.51. The van der Waals surface area contributed by atoms with E-state index in [1.165, 1.54) is 0 Å². The van der Waals surface area contributed by atoms with E-state index in [2.05, 4.69) is 47.8 Å². The molecule has 3 aliphatic heterocycles. The van der Waals surface area contributed by atoms with E-state index in [9.17, 15) is 19.5 Å². The second kappa shape index (κ2) is 10.4. The zero-order valence-electron chi connectivity index (χ0n) is 21.0. The van der Waals surface area contributed by atoms with Gasteiger partial charge in [-0.3, -0.25) is 14.4 Å². The summed E-state index contributed by atoms with van der Waals surface area (Å²) in [6.45, 7) is -0.127. The molecule has 3 atom stereocenters. The van der Waals surface area contributed by atoms with Crippen LogP contribution < -0.4 is 14.2 Å². The molecule has 0 saturated carbocycles. The van der Waals surface area contributed by atoms with E-state index < -0.39 is 22.7 Å². The molecular weight excluding hydrogens is 712 g/mol. The molecule has 3 unspecified atom stereocenters. The molecule has 3 aliphatic rings. The average Bonchev–Trinajstić information content (AvgIpc) is 2.93. The summed E-state index contributed by atoms with van der Waals surface area (Å²) in [5, 5.41) is 11.5. The average molecular weight is 735 g/mol. The van der Waals surface area contributed by atoms with Crippen LogP contribution in [0.15, 0.2) is 68.0 Å². The van der Waals surface area contributed by atoms with Crippen molar-refractivity contribution >= 4 is 65.1 Å². The fraction of sp³-hybridized carbons (Fsp3) is 0.300. The normalized spacial score (nSPS) is 25.2. The summed E-state index contributed by atoms with van der Waals surface area (Å²) >= 11 is 10.2. The molecular formula is C30H23Br3O7. The topological polar surface area (TPSA) is 99.1 Å². The predicted octanol–water partition coefficient (Wildman–Crippen LogP) is 6.60. The molecule has 3 heterocycles. The molecule has 0 spiro atoms. The third-order valence-corrected chi connectivity index (χ3v) is 9.41. The Morgan fingerprint density at radius 2 is 1.23 bits per heavy atom. The lowest BCUT2D eigenvalue weighted by molar-refractivity contribution is -0.0193. The van der Waals surface area contributed by atoms with Gasteiger partial charge >= 0.3 is 0 Å². The largest absolute Gasteiger partial charge is 0.492 e. The van der Waals surface area contributed by atoms with E-state index in [0.717, 1.165) is 13.4 Å². The predicted molar refractivity (Wildman–Crippen MR) is 157 cm³/mol. The van der Waals surface area contributed by atoms with Gasteiger partial charge in [-0.2, -0.15) is 0 Å². The minimum atomic E-state index is -1.83. The van der Waals surface area contributed by atoms with Crippen molar-refractivity contribution in [2.75, 3.05) is 19.8 Å². The Bertz CT molecular complexity index is 1570. The van der Waals surface area contributed by atoms with Crippen LogP contribution in [-0.2, 0) is 0 Å². The Morgan fingerprint density at radius 1 is 0.700 bits per heavy atom. The van der Waals surface area contributed by atoms with Gasteiger partial charge < -0.3 is 19.3 Å². The maximum atomic E-state index is 14.2. The minimum absolute atomic E-state index is 0.000916. The highest BCUT2D eigenvalue weighted by atomic mass is 79.9. The highest BCUT2D eigenvalue weighted by Gasteiger charge is 2.51. The highest BCUT2D eigenvalue weighted by Crippen LogP contribution is 2.46. The number of halogens is 3. The summed E-state index contributed by atoms with van der Waals surface area (Å²) < 4.78 is 20.2. The van der Waals surface area contributed by atoms with Gasteiger partial charge in [0.1, 0.15) is 30.5 Å². The maximum absolute atomic E-state index is 14.2. The number of hydrogen-bond acceptors (Lipinski definition) is 7. The molecule has 0 saturated heterocycles. The van der Waals surface area contributed by atoms with E-state index in [1.807, 2.05) is 0 Å². The van der Waals surface area contributed by atoms with Crippen LogP contribution in [-0.4, -0.2) is 47.9 Å². The lowest BCUT2D eigenvalue weighted by atomic mass is 9.67. The quantitative estimate of drug-likeness (QED) is 0.315. The molecule has 3 aromatic carbocycles. The molecule has 206 valence electrons. The molecule has 40 heavy (non-hydrogen) atoms. The number of hydrogen-bond donors (Lipinski definition) is 1. The number of ether oxygens (including phenoxy) is 3. The Labute approximate surface area is 255 Å². The molecule has 1 N–H and O–H groups in total. The number of carbonyl (C=O) groups excluding carboxylic acids is 3. The molecule has 0 bridgehead atoms. The smallest absolute Gasteiger partial charge is 0.201 e. The summed E-state index contributed by atoms with van der Waals surface area (Å²) in [4.78, 5) is 41.1. The van der Waals surface area contributed by atoms with Crippen molar-refractivity contribution in [1.29, 1.82) is 0 Å². The molecule has 10 heteroatoms. The molecule has 0 aromatic heterocycles. The number of fused-ring (bicyclic) bond motifs is 3.